The van der Waals surface area contributed by atoms with Crippen LogP contribution in [0, 0.1) is 0 Å². The van der Waals surface area contributed by atoms with Crippen LogP contribution in [0.15, 0.2) is 66.7 Å². The minimum atomic E-state index is 0.490. The predicted octanol–water partition coefficient (Wildman–Crippen LogP) is 4.84. The summed E-state index contributed by atoms with van der Waals surface area (Å²) < 4.78 is 11.2. The van der Waals surface area contributed by atoms with Crippen LogP contribution in [-0.4, -0.2) is 7.11 Å². The molecule has 5 heteroatoms. The Bertz CT molecular complexity index is 864. The summed E-state index contributed by atoms with van der Waals surface area (Å²) >= 11 is 12.1. The molecule has 0 saturated heterocycles. The molecule has 0 atom stereocenters. The number of hydrogen-bond acceptors (Lipinski definition) is 2. The van der Waals surface area contributed by atoms with E-state index >= 15 is 0 Å². The number of halogens is 2. The number of rotatable bonds is 8. The summed E-state index contributed by atoms with van der Waals surface area (Å²) in [4.78, 5) is 0. The van der Waals surface area contributed by atoms with Crippen molar-refractivity contribution in [3.63, 3.8) is 0 Å². The molecule has 0 bridgehead atoms. The van der Waals surface area contributed by atoms with Crippen LogP contribution in [0.1, 0.15) is 16.7 Å². The van der Waals surface area contributed by atoms with Gasteiger partial charge in [0.2, 0.25) is 0 Å². The Hall–Kier alpha value is -2.20. The molecule has 2 N–H and O–H groups in total. The van der Waals surface area contributed by atoms with E-state index in [-0.39, 0.29) is 0 Å². The molecule has 0 heterocycles. The smallest absolute Gasteiger partial charge is 0.128 e. The maximum atomic E-state index is 6.18. The number of quaternary nitrogens is 1. The molecule has 0 radical (unpaired) electrons. The van der Waals surface area contributed by atoms with Crippen molar-refractivity contribution in [1.29, 1.82) is 0 Å². The minimum absolute atomic E-state index is 0.490. The van der Waals surface area contributed by atoms with Crippen LogP contribution in [0.5, 0.6) is 11.5 Å². The molecule has 0 spiro atoms. The van der Waals surface area contributed by atoms with E-state index in [1.165, 1.54) is 5.56 Å². The highest BCUT2D eigenvalue weighted by atomic mass is 35.5. The first kappa shape index (κ1) is 19.6. The van der Waals surface area contributed by atoms with Crippen molar-refractivity contribution in [3.8, 4) is 11.5 Å². The second-order valence-corrected chi connectivity index (χ2v) is 7.09. The van der Waals surface area contributed by atoms with E-state index in [1.807, 2.05) is 54.6 Å². The molecule has 0 amide bonds. The molecule has 0 unspecified atom stereocenters. The fourth-order valence-electron chi connectivity index (χ4n) is 2.75. The van der Waals surface area contributed by atoms with Gasteiger partial charge < -0.3 is 14.8 Å². The van der Waals surface area contributed by atoms with Gasteiger partial charge in [0, 0.05) is 21.2 Å². The quantitative estimate of drug-likeness (QED) is 0.584. The first-order valence-corrected chi connectivity index (χ1v) is 9.50. The number of nitrogens with two attached hydrogens (primary N) is 1. The first-order valence-electron chi connectivity index (χ1n) is 8.74. The van der Waals surface area contributed by atoms with Gasteiger partial charge in [0.1, 0.15) is 31.2 Å². The average Bonchev–Trinajstić information content (AvgIpc) is 2.69. The monoisotopic (exact) mass is 402 g/mol. The molecule has 140 valence electrons. The van der Waals surface area contributed by atoms with Crippen molar-refractivity contribution in [2.45, 2.75) is 19.7 Å². The van der Waals surface area contributed by atoms with Crippen molar-refractivity contribution < 1.29 is 14.8 Å². The standard InChI is InChI=1S/C22H21Cl2NO2/c1-26-21-9-4-16(5-10-21)13-25-14-18-12-20(24)8-11-22(18)27-15-17-2-6-19(23)7-3-17/h2-12,25H,13-15H2,1H3/p+1. The Balaban J connectivity index is 1.60. The molecule has 0 aliphatic rings. The molecule has 0 saturated carbocycles. The average molecular weight is 403 g/mol. The third kappa shape index (κ3) is 5.90. The van der Waals surface area contributed by atoms with Gasteiger partial charge >= 0.3 is 0 Å². The fraction of sp³-hybridized carbons (Fsp3) is 0.182. The highest BCUT2D eigenvalue weighted by Gasteiger charge is 2.08. The Kier molecular flexibility index (Phi) is 6.99. The summed E-state index contributed by atoms with van der Waals surface area (Å²) in [6.07, 6.45) is 0. The molecule has 3 aromatic rings. The Morgan fingerprint density at radius 2 is 1.44 bits per heavy atom. The lowest BCUT2D eigenvalue weighted by Gasteiger charge is -2.12. The Morgan fingerprint density at radius 3 is 2.15 bits per heavy atom. The largest absolute Gasteiger partial charge is 0.497 e. The minimum Gasteiger partial charge on any atom is -0.497 e. The van der Waals surface area contributed by atoms with Gasteiger partial charge in [-0.1, -0.05) is 35.3 Å². The summed E-state index contributed by atoms with van der Waals surface area (Å²) in [5, 5.41) is 3.66. The molecule has 0 aliphatic carbocycles. The molecule has 3 rings (SSSR count). The topological polar surface area (TPSA) is 35.1 Å². The summed E-state index contributed by atoms with van der Waals surface area (Å²) in [6, 6.07) is 21.5. The predicted molar refractivity (Wildman–Crippen MR) is 110 cm³/mol. The summed E-state index contributed by atoms with van der Waals surface area (Å²) in [5.74, 6) is 1.71. The maximum Gasteiger partial charge on any atom is 0.128 e. The van der Waals surface area contributed by atoms with E-state index in [2.05, 4.69) is 17.4 Å². The van der Waals surface area contributed by atoms with Gasteiger partial charge in [-0.25, -0.2) is 0 Å². The van der Waals surface area contributed by atoms with E-state index in [4.69, 9.17) is 32.7 Å². The Morgan fingerprint density at radius 1 is 0.778 bits per heavy atom. The third-order valence-corrected chi connectivity index (χ3v) is 4.72. The fourth-order valence-corrected chi connectivity index (χ4v) is 3.07. The van der Waals surface area contributed by atoms with Crippen molar-refractivity contribution >= 4 is 23.2 Å². The molecule has 27 heavy (non-hydrogen) atoms. The van der Waals surface area contributed by atoms with Crippen LogP contribution in [0.3, 0.4) is 0 Å². The summed E-state index contributed by atoms with van der Waals surface area (Å²) in [5.41, 5.74) is 3.38. The van der Waals surface area contributed by atoms with Crippen LogP contribution in [0.2, 0.25) is 10.0 Å². The van der Waals surface area contributed by atoms with E-state index < -0.39 is 0 Å². The van der Waals surface area contributed by atoms with Gasteiger partial charge in [-0.3, -0.25) is 0 Å². The van der Waals surface area contributed by atoms with Gasteiger partial charge in [-0.15, -0.1) is 0 Å². The molecule has 0 aromatic heterocycles. The molecular weight excluding hydrogens is 381 g/mol. The number of ether oxygens (including phenoxy) is 2. The zero-order chi connectivity index (χ0) is 19.1. The number of benzene rings is 3. The first-order chi connectivity index (χ1) is 13.1. The summed E-state index contributed by atoms with van der Waals surface area (Å²) in [7, 11) is 1.67. The number of hydrogen-bond donors (Lipinski definition) is 1. The second kappa shape index (κ2) is 9.65. The highest BCUT2D eigenvalue weighted by molar-refractivity contribution is 6.30. The molecule has 0 fully saturated rings. The zero-order valence-corrected chi connectivity index (χ0v) is 16.6. The lowest BCUT2D eigenvalue weighted by molar-refractivity contribution is -0.686. The van der Waals surface area contributed by atoms with Gasteiger partial charge in [-0.2, -0.15) is 0 Å². The van der Waals surface area contributed by atoms with E-state index in [0.29, 0.717) is 11.6 Å². The number of methoxy groups -OCH3 is 1. The third-order valence-electron chi connectivity index (χ3n) is 4.23. The van der Waals surface area contributed by atoms with Crippen molar-refractivity contribution in [1.82, 2.24) is 0 Å². The van der Waals surface area contributed by atoms with Gasteiger partial charge in [0.25, 0.3) is 0 Å². The molecular formula is C22H22Cl2NO2+. The van der Waals surface area contributed by atoms with Gasteiger partial charge in [0.05, 0.1) is 7.11 Å². The Labute approximate surface area is 169 Å². The van der Waals surface area contributed by atoms with Gasteiger partial charge in [-0.05, 0) is 60.2 Å². The van der Waals surface area contributed by atoms with Crippen LogP contribution < -0.4 is 14.8 Å². The highest BCUT2D eigenvalue weighted by Crippen LogP contribution is 2.23. The lowest BCUT2D eigenvalue weighted by Crippen LogP contribution is -2.80. The van der Waals surface area contributed by atoms with Crippen molar-refractivity contribution in [2.24, 2.45) is 0 Å². The van der Waals surface area contributed by atoms with Gasteiger partial charge in [0.15, 0.2) is 0 Å². The normalized spacial score (nSPS) is 10.6. The van der Waals surface area contributed by atoms with Crippen LogP contribution in [-0.2, 0) is 19.7 Å². The second-order valence-electron chi connectivity index (χ2n) is 6.21. The lowest BCUT2D eigenvalue weighted by atomic mass is 10.1. The molecule has 3 nitrogen and oxygen atoms in total. The molecule has 0 aliphatic heterocycles. The zero-order valence-electron chi connectivity index (χ0n) is 15.1. The van der Waals surface area contributed by atoms with E-state index in [1.54, 1.807) is 7.11 Å². The van der Waals surface area contributed by atoms with Crippen LogP contribution in [0.4, 0.5) is 0 Å². The van der Waals surface area contributed by atoms with Crippen LogP contribution >= 0.6 is 23.2 Å². The molecule has 3 aromatic carbocycles. The van der Waals surface area contributed by atoms with Crippen molar-refractivity contribution in [3.05, 3.63) is 93.5 Å². The summed E-state index contributed by atoms with van der Waals surface area (Å²) in [6.45, 7) is 2.14. The van der Waals surface area contributed by atoms with Crippen molar-refractivity contribution in [2.75, 3.05) is 7.11 Å². The van der Waals surface area contributed by atoms with Crippen LogP contribution in [0.25, 0.3) is 0 Å². The van der Waals surface area contributed by atoms with E-state index in [9.17, 15) is 0 Å². The van der Waals surface area contributed by atoms with E-state index in [0.717, 1.165) is 40.7 Å². The maximum absolute atomic E-state index is 6.18. The SMILES string of the molecule is COc1ccc(C[NH2+]Cc2cc(Cl)ccc2OCc2ccc(Cl)cc2)cc1.